The Bertz CT molecular complexity index is 2000. The highest BCUT2D eigenvalue weighted by atomic mass is 16.4. The predicted octanol–water partition coefficient (Wildman–Crippen LogP) is -6.19. The molecule has 0 aromatic carbocycles. The van der Waals surface area contributed by atoms with E-state index in [1.54, 1.807) is 20.8 Å². The average molecular weight is 999 g/mol. The topological polar surface area (TPSA) is 469 Å². The minimum absolute atomic E-state index is 0.215. The normalized spacial score (nSPS) is 15.7. The number of H-pyrrole nitrogens is 1. The number of aliphatic hydroxyl groups excluding tert-OH is 2. The number of aliphatic carboxylic acids is 3. The summed E-state index contributed by atoms with van der Waals surface area (Å²) in [5, 5.41) is 67.8. The van der Waals surface area contributed by atoms with E-state index in [1.807, 2.05) is 12.2 Å². The molecule has 392 valence electrons. The molecule has 0 aliphatic rings. The minimum atomic E-state index is -1.82. The molecule has 17 N–H and O–H groups in total. The molecule has 0 saturated carbocycles. The van der Waals surface area contributed by atoms with Crippen LogP contribution in [0.4, 0.5) is 0 Å². The molecule has 0 spiro atoms. The van der Waals surface area contributed by atoms with Gasteiger partial charge in [0.25, 0.3) is 0 Å². The first-order chi connectivity index (χ1) is 32.8. The Morgan fingerprint density at radius 2 is 1.13 bits per heavy atom. The van der Waals surface area contributed by atoms with Crippen molar-refractivity contribution in [3.8, 4) is 0 Å². The van der Waals surface area contributed by atoms with E-state index in [0.717, 1.165) is 6.92 Å². The lowest BCUT2D eigenvalue weighted by atomic mass is 9.97. The van der Waals surface area contributed by atoms with Gasteiger partial charge in [-0.1, -0.05) is 40.5 Å². The minimum Gasteiger partial charge on any atom is -0.481 e. The molecule has 9 amide bonds. The first-order valence-corrected chi connectivity index (χ1v) is 22.1. The van der Waals surface area contributed by atoms with Gasteiger partial charge in [0.15, 0.2) is 0 Å². The number of carbonyl (C=O) groups is 12. The lowest BCUT2D eigenvalue weighted by Gasteiger charge is -2.27. The van der Waals surface area contributed by atoms with Gasteiger partial charge in [-0.2, -0.15) is 0 Å². The number of nitrogens with one attached hydrogen (secondary N) is 10. The largest absolute Gasteiger partial charge is 0.481 e. The molecule has 0 unspecified atom stereocenters. The Balaban J connectivity index is 3.11. The van der Waals surface area contributed by atoms with Gasteiger partial charge in [0.1, 0.15) is 42.3 Å². The van der Waals surface area contributed by atoms with Crippen molar-refractivity contribution in [1.29, 1.82) is 0 Å². The fourth-order valence-electron chi connectivity index (χ4n) is 6.06. The zero-order valence-corrected chi connectivity index (χ0v) is 39.5. The predicted molar refractivity (Wildman–Crippen MR) is 240 cm³/mol. The lowest BCUT2D eigenvalue weighted by Crippen LogP contribution is -2.61. The molecule has 1 aromatic heterocycles. The number of amides is 9. The van der Waals surface area contributed by atoms with E-state index in [-0.39, 0.29) is 24.5 Å². The summed E-state index contributed by atoms with van der Waals surface area (Å²) in [7, 11) is 0. The van der Waals surface area contributed by atoms with Gasteiger partial charge < -0.3 is 84.1 Å². The van der Waals surface area contributed by atoms with E-state index < -0.39 is 170 Å². The molecule has 0 aliphatic heterocycles. The molecule has 0 aliphatic carbocycles. The van der Waals surface area contributed by atoms with Gasteiger partial charge in [-0.15, -0.1) is 0 Å². The van der Waals surface area contributed by atoms with Crippen LogP contribution in [0.2, 0.25) is 0 Å². The van der Waals surface area contributed by atoms with E-state index in [4.69, 9.17) is 5.73 Å². The molecular formula is C41H66N12O17. The molecule has 0 saturated heterocycles. The van der Waals surface area contributed by atoms with Crippen LogP contribution in [-0.4, -0.2) is 181 Å². The second-order valence-electron chi connectivity index (χ2n) is 16.4. The van der Waals surface area contributed by atoms with Gasteiger partial charge in [0.2, 0.25) is 53.2 Å². The number of rotatable bonds is 32. The Morgan fingerprint density at radius 3 is 1.63 bits per heavy atom. The maximum atomic E-state index is 13.6. The van der Waals surface area contributed by atoms with Crippen molar-refractivity contribution in [3.63, 3.8) is 0 Å². The van der Waals surface area contributed by atoms with E-state index >= 15 is 0 Å². The summed E-state index contributed by atoms with van der Waals surface area (Å²) in [6.07, 6.45) is -0.777. The molecule has 0 radical (unpaired) electrons. The molecule has 1 aromatic rings. The van der Waals surface area contributed by atoms with Gasteiger partial charge in [-0.05, 0) is 32.1 Å². The van der Waals surface area contributed by atoms with E-state index in [1.165, 1.54) is 19.4 Å². The van der Waals surface area contributed by atoms with E-state index in [2.05, 4.69) is 52.5 Å². The molecule has 29 heteroatoms. The Morgan fingerprint density at radius 1 is 0.614 bits per heavy atom. The van der Waals surface area contributed by atoms with Crippen LogP contribution < -0.4 is 53.6 Å². The molecule has 29 nitrogen and oxygen atoms in total. The van der Waals surface area contributed by atoms with Gasteiger partial charge in [-0.3, -0.25) is 52.7 Å². The first-order valence-electron chi connectivity index (χ1n) is 22.1. The summed E-state index contributed by atoms with van der Waals surface area (Å²) < 4.78 is 0. The van der Waals surface area contributed by atoms with Crippen molar-refractivity contribution >= 4 is 71.1 Å². The number of aliphatic hydroxyl groups is 2. The van der Waals surface area contributed by atoms with Crippen LogP contribution in [0, 0.1) is 11.8 Å². The summed E-state index contributed by atoms with van der Waals surface area (Å²) in [6, 6.07) is -12.3. The standard InChI is InChI=1S/C41H66N12O17/c1-7-18(3)31(42)38(66)45-15-28(57)49-25(12-30(60)61)37(65)52-32(19(4)8-2)39(67)47-20(5)34(62)44-14-27(56)48-23(9-10-29(58)59)35(63)50-24(11-22-13-43-17-46-22)36(64)53-33(21(6)55)40(68)51-26(16-54)41(69)70/h13,17-21,23-26,31-33,54-55H,7-12,14-16,42H2,1-6H3,(H,43,46)(H,44,62)(H,45,66)(H,47,67)(H,48,56)(H,49,57)(H,50,63)(H,51,68)(H,52,65)(H,53,64)(H,58,59)(H,60,61)(H,69,70)/t18-,19-,20-,21+,23-,24-,25-,26-,31-,32-,33-/m0/s1. The van der Waals surface area contributed by atoms with Crippen LogP contribution in [0.25, 0.3) is 0 Å². The van der Waals surface area contributed by atoms with Crippen molar-refractivity contribution in [2.75, 3.05) is 19.7 Å². The van der Waals surface area contributed by atoms with Crippen LogP contribution in [0.15, 0.2) is 12.5 Å². The summed E-state index contributed by atoms with van der Waals surface area (Å²) in [5.41, 5.74) is 6.12. The third-order valence-electron chi connectivity index (χ3n) is 10.8. The van der Waals surface area contributed by atoms with Crippen LogP contribution in [0.1, 0.15) is 79.3 Å². The molecular weight excluding hydrogens is 933 g/mol. The highest BCUT2D eigenvalue weighted by Gasteiger charge is 2.35. The second kappa shape index (κ2) is 30.3. The molecule has 1 rings (SSSR count). The summed E-state index contributed by atoms with van der Waals surface area (Å²) in [5.74, 6) is -14.4. The van der Waals surface area contributed by atoms with Gasteiger partial charge >= 0.3 is 17.9 Å². The molecule has 0 fully saturated rings. The third kappa shape index (κ3) is 21.4. The highest BCUT2D eigenvalue weighted by molar-refractivity contribution is 5.98. The fourth-order valence-corrected chi connectivity index (χ4v) is 6.06. The number of carboxylic acids is 3. The fraction of sp³-hybridized carbons (Fsp3) is 0.634. The van der Waals surface area contributed by atoms with Crippen LogP contribution in [-0.2, 0) is 64.0 Å². The third-order valence-corrected chi connectivity index (χ3v) is 10.8. The van der Waals surface area contributed by atoms with Crippen molar-refractivity contribution in [3.05, 3.63) is 18.2 Å². The zero-order valence-electron chi connectivity index (χ0n) is 39.5. The first kappa shape index (κ1) is 60.7. The molecule has 1 heterocycles. The molecule has 11 atom stereocenters. The summed E-state index contributed by atoms with van der Waals surface area (Å²) >= 11 is 0. The number of aromatic amines is 1. The summed E-state index contributed by atoms with van der Waals surface area (Å²) in [4.78, 5) is 159. The second-order valence-corrected chi connectivity index (χ2v) is 16.4. The average Bonchev–Trinajstić information content (AvgIpc) is 3.82. The monoisotopic (exact) mass is 998 g/mol. The number of nitrogens with two attached hydrogens (primary N) is 1. The number of carbonyl (C=O) groups excluding carboxylic acids is 9. The number of nitrogens with zero attached hydrogens (tertiary/aromatic N) is 1. The summed E-state index contributed by atoms with van der Waals surface area (Å²) in [6.45, 7) is 6.55. The smallest absolute Gasteiger partial charge is 0.328 e. The maximum absolute atomic E-state index is 13.6. The number of carboxylic acid groups (broad SMARTS) is 3. The number of aromatic nitrogens is 2. The zero-order chi connectivity index (χ0) is 53.4. The van der Waals surface area contributed by atoms with Crippen LogP contribution in [0.5, 0.6) is 0 Å². The maximum Gasteiger partial charge on any atom is 0.328 e. The lowest BCUT2D eigenvalue weighted by molar-refractivity contribution is -0.144. The van der Waals surface area contributed by atoms with Gasteiger partial charge in [-0.25, -0.2) is 9.78 Å². The molecule has 70 heavy (non-hydrogen) atoms. The molecule has 0 bridgehead atoms. The van der Waals surface area contributed by atoms with Crippen molar-refractivity contribution in [2.45, 2.75) is 135 Å². The number of imidazole rings is 1. The van der Waals surface area contributed by atoms with E-state index in [9.17, 15) is 83.1 Å². The van der Waals surface area contributed by atoms with Gasteiger partial charge in [0, 0.05) is 24.7 Å². The highest BCUT2D eigenvalue weighted by Crippen LogP contribution is 2.11. The van der Waals surface area contributed by atoms with Crippen molar-refractivity contribution < 1.29 is 83.1 Å². The van der Waals surface area contributed by atoms with Crippen molar-refractivity contribution in [2.24, 2.45) is 17.6 Å². The SMILES string of the molecule is CC[C@H](C)[C@H](N)C(=O)NCC(=O)N[C@@H](CC(=O)O)C(=O)N[C@H](C(=O)N[C@@H](C)C(=O)NCC(=O)N[C@@H](CCC(=O)O)C(=O)N[C@@H](Cc1cnc[nH]1)C(=O)N[C@H](C(=O)N[C@@H](CO)C(=O)O)[C@@H](C)O)[C@@H](C)CC. The Labute approximate surface area is 401 Å². The Hall–Kier alpha value is -7.27. The number of hydrogen-bond donors (Lipinski definition) is 16. The van der Waals surface area contributed by atoms with Crippen molar-refractivity contribution in [1.82, 2.24) is 57.8 Å². The van der Waals surface area contributed by atoms with E-state index in [0.29, 0.717) is 6.42 Å². The number of hydrogen-bond acceptors (Lipinski definition) is 16. The quantitative estimate of drug-likeness (QED) is 0.0319. The Kier molecular flexibility index (Phi) is 26.3. The van der Waals surface area contributed by atoms with Crippen LogP contribution in [0.3, 0.4) is 0 Å². The van der Waals surface area contributed by atoms with Gasteiger partial charge in [0.05, 0.1) is 44.6 Å². The van der Waals surface area contributed by atoms with Crippen LogP contribution >= 0.6 is 0 Å².